The Morgan fingerprint density at radius 3 is 2.56 bits per heavy atom. The Kier molecular flexibility index (Phi) is 5.43. The summed E-state index contributed by atoms with van der Waals surface area (Å²) in [5.41, 5.74) is 8.55. The van der Waals surface area contributed by atoms with Crippen LogP contribution in [0.5, 0.6) is 0 Å². The van der Waals surface area contributed by atoms with E-state index in [1.165, 1.54) is 6.92 Å². The third-order valence-electron chi connectivity index (χ3n) is 2.17. The van der Waals surface area contributed by atoms with Gasteiger partial charge < -0.3 is 4.52 Å². The zero-order chi connectivity index (χ0) is 13.8. The molecule has 0 fully saturated rings. The van der Waals surface area contributed by atoms with Crippen LogP contribution >= 0.6 is 30.4 Å². The average Bonchev–Trinajstić information content (AvgIpc) is 2.75. The normalized spacial score (nSPS) is 18.2. The molecule has 1 rings (SSSR count). The molecule has 1 atom stereocenters. The molecule has 1 unspecified atom stereocenters. The summed E-state index contributed by atoms with van der Waals surface area (Å²) in [6, 6.07) is -0.572. The Bertz CT molecular complexity index is 492. The van der Waals surface area contributed by atoms with E-state index in [0.717, 1.165) is 0 Å². The molecule has 0 aromatic rings. The third kappa shape index (κ3) is 4.47. The summed E-state index contributed by atoms with van der Waals surface area (Å²) in [5, 5.41) is 3.64. The molecule has 0 radical (unpaired) electrons. The zero-order valence-electron chi connectivity index (χ0n) is 9.34. The van der Waals surface area contributed by atoms with Gasteiger partial charge in [-0.25, -0.2) is 4.57 Å². The number of phosphoric acid groups is 1. The van der Waals surface area contributed by atoms with E-state index < -0.39 is 13.9 Å². The predicted octanol–water partition coefficient (Wildman–Crippen LogP) is 3.18. The summed E-state index contributed by atoms with van der Waals surface area (Å²) in [4.78, 5) is 20.2. The van der Waals surface area contributed by atoms with Crippen molar-refractivity contribution < 1.29 is 18.9 Å². The molecule has 2 N–H and O–H groups in total. The fourth-order valence-electron chi connectivity index (χ4n) is 1.44. The summed E-state index contributed by atoms with van der Waals surface area (Å²) < 4.78 is 15.7. The smallest absolute Gasteiger partial charge is 0.408 e. The second-order valence-electron chi connectivity index (χ2n) is 3.48. The van der Waals surface area contributed by atoms with E-state index in [1.54, 1.807) is 0 Å². The van der Waals surface area contributed by atoms with Crippen molar-refractivity contribution in [3.8, 4) is 0 Å². The second-order valence-corrected chi connectivity index (χ2v) is 5.81. The predicted molar refractivity (Wildman–Crippen MR) is 74.6 cm³/mol. The van der Waals surface area contributed by atoms with Crippen LogP contribution in [0.4, 0.5) is 0 Å². The van der Waals surface area contributed by atoms with E-state index >= 15 is 0 Å². The van der Waals surface area contributed by atoms with Gasteiger partial charge in [0.2, 0.25) is 0 Å². The van der Waals surface area contributed by atoms with Crippen LogP contribution in [0.25, 0.3) is 10.4 Å². The molecule has 7 nitrogen and oxygen atoms in total. The van der Waals surface area contributed by atoms with Crippen molar-refractivity contribution in [2.24, 2.45) is 11.0 Å². The van der Waals surface area contributed by atoms with E-state index in [-0.39, 0.29) is 11.7 Å². The molecule has 0 bridgehead atoms. The van der Waals surface area contributed by atoms with Crippen molar-refractivity contribution in [2.45, 2.75) is 13.0 Å². The van der Waals surface area contributed by atoms with Crippen LogP contribution in [0, 0.1) is 5.92 Å². The van der Waals surface area contributed by atoms with Crippen LogP contribution in [0.15, 0.2) is 38.8 Å². The summed E-state index contributed by atoms with van der Waals surface area (Å²) in [6.45, 7) is 1.42. The molecule has 0 amide bonds. The molecular weight excluding hydrogens is 372 g/mol. The van der Waals surface area contributed by atoms with Crippen molar-refractivity contribution in [3.63, 3.8) is 0 Å². The lowest BCUT2D eigenvalue weighted by Crippen LogP contribution is -2.15. The molecule has 0 heterocycles. The molecule has 0 saturated carbocycles. The Morgan fingerprint density at radius 2 is 2.11 bits per heavy atom. The van der Waals surface area contributed by atoms with E-state index in [4.69, 9.17) is 15.3 Å². The first-order chi connectivity index (χ1) is 8.35. The molecule has 0 saturated heterocycles. The highest BCUT2D eigenvalue weighted by Gasteiger charge is 2.25. The van der Waals surface area contributed by atoms with Gasteiger partial charge in [-0.2, -0.15) is 0 Å². The maximum atomic E-state index is 10.8. The Balaban J connectivity index is 3.01. The van der Waals surface area contributed by atoms with Crippen LogP contribution in [-0.4, -0.2) is 15.8 Å². The van der Waals surface area contributed by atoms with Gasteiger partial charge in [-0.05, 0) is 35.0 Å². The fraction of sp³-hybridized carbons (Fsp3) is 0.333. The van der Waals surface area contributed by atoms with E-state index in [1.807, 2.05) is 46.9 Å². The minimum atomic E-state index is -4.60. The first-order valence-electron chi connectivity index (χ1n) is 4.86. The molecule has 98 valence electrons. The fourth-order valence-corrected chi connectivity index (χ4v) is 2.72. The Morgan fingerprint density at radius 1 is 1.56 bits per heavy atom. The Hall–Kier alpha value is -0.790. The summed E-state index contributed by atoms with van der Waals surface area (Å²) in [7, 11) is -4.60. The highest BCUT2D eigenvalue weighted by atomic mass is 127. The number of rotatable bonds is 5. The number of phosphoric ester groups is 1. The summed E-state index contributed by atoms with van der Waals surface area (Å²) >= 11 is 1.86. The van der Waals surface area contributed by atoms with Gasteiger partial charge >= 0.3 is 7.82 Å². The molecule has 1 aliphatic carbocycles. The minimum Gasteiger partial charge on any atom is -0.408 e. The number of halogens is 1. The van der Waals surface area contributed by atoms with Gasteiger partial charge in [0.15, 0.2) is 0 Å². The first kappa shape index (κ1) is 15.3. The molecular formula is C9H11IN3O4P. The van der Waals surface area contributed by atoms with Crippen LogP contribution in [0.1, 0.15) is 6.92 Å². The number of nitrogens with zero attached hydrogens (tertiary/aromatic N) is 3. The Labute approximate surface area is 117 Å². The van der Waals surface area contributed by atoms with Crippen LogP contribution in [0.3, 0.4) is 0 Å². The topological polar surface area (TPSA) is 116 Å². The van der Waals surface area contributed by atoms with Crippen molar-refractivity contribution in [2.75, 3.05) is 0 Å². The lowest BCUT2D eigenvalue weighted by molar-refractivity contribution is 0.241. The maximum absolute atomic E-state index is 10.8. The summed E-state index contributed by atoms with van der Waals surface area (Å²) in [5.74, 6) is -0.0850. The highest BCUT2D eigenvalue weighted by Crippen LogP contribution is 2.41. The van der Waals surface area contributed by atoms with Crippen LogP contribution in [-0.2, 0) is 9.09 Å². The zero-order valence-corrected chi connectivity index (χ0v) is 12.4. The van der Waals surface area contributed by atoms with Crippen molar-refractivity contribution >= 4 is 30.4 Å². The second kappa shape index (κ2) is 6.40. The van der Waals surface area contributed by atoms with E-state index in [9.17, 15) is 4.57 Å². The van der Waals surface area contributed by atoms with Gasteiger partial charge in [-0.1, -0.05) is 29.4 Å². The monoisotopic (exact) mass is 383 g/mol. The molecule has 0 aromatic heterocycles. The molecule has 1 aliphatic rings. The van der Waals surface area contributed by atoms with Crippen molar-refractivity contribution in [1.82, 2.24) is 0 Å². The first-order valence-corrected chi connectivity index (χ1v) is 7.46. The standard InChI is InChI=1S/C9H11IN3O4P/c1-6(17-18(14,15)16)8(10)9(12-13-11)7-4-2-3-5-7/h2-5,7,9H,1H3,(H2,14,15,16). The van der Waals surface area contributed by atoms with E-state index in [0.29, 0.717) is 3.58 Å². The molecule has 0 spiro atoms. The lowest BCUT2D eigenvalue weighted by atomic mass is 10.0. The van der Waals surface area contributed by atoms with Crippen molar-refractivity contribution in [3.05, 3.63) is 44.1 Å². The lowest BCUT2D eigenvalue weighted by Gasteiger charge is -2.18. The molecule has 18 heavy (non-hydrogen) atoms. The average molecular weight is 383 g/mol. The molecule has 0 aliphatic heterocycles. The SMILES string of the molecule is CC(OP(=O)(O)O)=C(I)C(N=[N+]=[N-])C1C=CC=C1. The minimum absolute atomic E-state index is 0.0510. The van der Waals surface area contributed by atoms with Crippen LogP contribution in [0.2, 0.25) is 0 Å². The van der Waals surface area contributed by atoms with Gasteiger partial charge in [-0.3, -0.25) is 9.79 Å². The van der Waals surface area contributed by atoms with E-state index in [2.05, 4.69) is 14.5 Å². The van der Waals surface area contributed by atoms with Gasteiger partial charge in [0.05, 0.1) is 6.04 Å². The number of hydrogen-bond donors (Lipinski definition) is 2. The van der Waals surface area contributed by atoms with Gasteiger partial charge in [0.25, 0.3) is 0 Å². The quantitative estimate of drug-likeness (QED) is 0.189. The molecule has 9 heteroatoms. The van der Waals surface area contributed by atoms with Crippen LogP contribution < -0.4 is 0 Å². The number of allylic oxidation sites excluding steroid dienone is 3. The third-order valence-corrected chi connectivity index (χ3v) is 4.08. The highest BCUT2D eigenvalue weighted by molar-refractivity contribution is 14.1. The number of hydrogen-bond acceptors (Lipinski definition) is 3. The largest absolute Gasteiger partial charge is 0.524 e. The van der Waals surface area contributed by atoms with Crippen molar-refractivity contribution in [1.29, 1.82) is 0 Å². The maximum Gasteiger partial charge on any atom is 0.524 e. The van der Waals surface area contributed by atoms with Gasteiger partial charge in [0, 0.05) is 14.4 Å². The van der Waals surface area contributed by atoms with Gasteiger partial charge in [0.1, 0.15) is 5.76 Å². The number of azide groups is 1. The summed E-state index contributed by atoms with van der Waals surface area (Å²) in [6.07, 6.45) is 7.30. The van der Waals surface area contributed by atoms with Gasteiger partial charge in [-0.15, -0.1) is 0 Å². The molecule has 0 aromatic carbocycles.